The van der Waals surface area contributed by atoms with Crippen molar-refractivity contribution in [3.63, 3.8) is 0 Å². The summed E-state index contributed by atoms with van der Waals surface area (Å²) < 4.78 is 18.8. The zero-order chi connectivity index (χ0) is 18.6. The maximum absolute atomic E-state index is 13.7. The average molecular weight is 367 g/mol. The average Bonchev–Trinajstić information content (AvgIpc) is 2.54. The van der Waals surface area contributed by atoms with Gasteiger partial charge in [-0.15, -0.1) is 0 Å². The number of carbonyl (C=O) groups is 2. The third-order valence-electron chi connectivity index (χ3n) is 3.12. The van der Waals surface area contributed by atoms with Crippen LogP contribution in [-0.2, 0) is 4.79 Å². The predicted molar refractivity (Wildman–Crippen MR) is 88.6 cm³/mol. The minimum atomic E-state index is -0.757. The number of nitro groups is 1. The van der Waals surface area contributed by atoms with Gasteiger partial charge in [0.15, 0.2) is 12.4 Å². The lowest BCUT2D eigenvalue weighted by Gasteiger charge is -2.09. The minimum Gasteiger partial charge on any atom is -0.484 e. The number of rotatable bonds is 6. The summed E-state index contributed by atoms with van der Waals surface area (Å²) in [7, 11) is 0. The fourth-order valence-electron chi connectivity index (χ4n) is 1.93. The second-order valence-electron chi connectivity index (χ2n) is 4.96. The minimum absolute atomic E-state index is 0.0579. The molecule has 0 aliphatic rings. The number of non-ortho nitro benzene ring substituents is 1. The molecule has 25 heavy (non-hydrogen) atoms. The van der Waals surface area contributed by atoms with Crippen LogP contribution in [0.25, 0.3) is 0 Å². The number of ether oxygens (including phenoxy) is 1. The Hall–Kier alpha value is -3.00. The van der Waals surface area contributed by atoms with Crippen LogP contribution in [0.2, 0.25) is 5.02 Å². The Bertz CT molecular complexity index is 856. The lowest BCUT2D eigenvalue weighted by molar-refractivity contribution is -0.384. The highest BCUT2D eigenvalue weighted by Crippen LogP contribution is 2.26. The van der Waals surface area contributed by atoms with Crippen LogP contribution < -0.4 is 10.1 Å². The van der Waals surface area contributed by atoms with Gasteiger partial charge in [0.2, 0.25) is 0 Å². The smallest absolute Gasteiger partial charge is 0.271 e. The molecule has 2 rings (SSSR count). The summed E-state index contributed by atoms with van der Waals surface area (Å²) in [6.07, 6.45) is 0. The van der Waals surface area contributed by atoms with Gasteiger partial charge in [-0.05, 0) is 25.1 Å². The molecule has 1 amide bonds. The maximum Gasteiger partial charge on any atom is 0.271 e. The van der Waals surface area contributed by atoms with Crippen LogP contribution in [0.1, 0.15) is 17.3 Å². The molecule has 0 atom stereocenters. The quantitative estimate of drug-likeness (QED) is 0.478. The monoisotopic (exact) mass is 366 g/mol. The highest BCUT2D eigenvalue weighted by Gasteiger charge is 2.13. The van der Waals surface area contributed by atoms with Crippen LogP contribution in [0.15, 0.2) is 36.4 Å². The van der Waals surface area contributed by atoms with Gasteiger partial charge in [0.25, 0.3) is 11.6 Å². The van der Waals surface area contributed by atoms with Gasteiger partial charge in [-0.25, -0.2) is 4.39 Å². The molecule has 0 radical (unpaired) electrons. The van der Waals surface area contributed by atoms with Crippen molar-refractivity contribution >= 4 is 34.7 Å². The van der Waals surface area contributed by atoms with Crippen molar-refractivity contribution in [2.75, 3.05) is 11.9 Å². The summed E-state index contributed by atoms with van der Waals surface area (Å²) in [5.41, 5.74) is -0.259. The first-order valence-corrected chi connectivity index (χ1v) is 7.33. The molecule has 0 fully saturated rings. The number of anilines is 1. The van der Waals surface area contributed by atoms with Crippen LogP contribution in [0.4, 0.5) is 15.8 Å². The van der Waals surface area contributed by atoms with Gasteiger partial charge in [-0.1, -0.05) is 11.6 Å². The Labute approximate surface area is 146 Å². The van der Waals surface area contributed by atoms with E-state index in [1.54, 1.807) is 0 Å². The zero-order valence-electron chi connectivity index (χ0n) is 12.9. The van der Waals surface area contributed by atoms with Crippen LogP contribution in [-0.4, -0.2) is 23.2 Å². The molecule has 0 unspecified atom stereocenters. The van der Waals surface area contributed by atoms with Crippen LogP contribution in [0.3, 0.4) is 0 Å². The van der Waals surface area contributed by atoms with E-state index >= 15 is 0 Å². The molecule has 0 aromatic heterocycles. The van der Waals surface area contributed by atoms with Crippen molar-refractivity contribution in [3.05, 3.63) is 62.9 Å². The number of hydrogen-bond donors (Lipinski definition) is 1. The molecule has 2 aromatic rings. The van der Waals surface area contributed by atoms with Gasteiger partial charge < -0.3 is 10.1 Å². The third-order valence-corrected chi connectivity index (χ3v) is 3.45. The highest BCUT2D eigenvalue weighted by atomic mass is 35.5. The summed E-state index contributed by atoms with van der Waals surface area (Å²) in [6, 6.07) is 7.20. The number of benzene rings is 2. The van der Waals surface area contributed by atoms with Crippen molar-refractivity contribution in [2.45, 2.75) is 6.92 Å². The molecule has 2 aromatic carbocycles. The van der Waals surface area contributed by atoms with Crippen LogP contribution in [0.5, 0.6) is 5.75 Å². The predicted octanol–water partition coefficient (Wildman–Crippen LogP) is 3.61. The summed E-state index contributed by atoms with van der Waals surface area (Å²) in [5.74, 6) is -1.77. The summed E-state index contributed by atoms with van der Waals surface area (Å²) in [6.45, 7) is 0.757. The Morgan fingerprint density at radius 2 is 2.00 bits per heavy atom. The van der Waals surface area contributed by atoms with Crippen LogP contribution in [0, 0.1) is 15.9 Å². The molecule has 0 aliphatic heterocycles. The molecule has 0 heterocycles. The number of amides is 1. The molecule has 9 heteroatoms. The molecule has 0 bridgehead atoms. The molecule has 0 saturated carbocycles. The first-order valence-electron chi connectivity index (χ1n) is 6.95. The lowest BCUT2D eigenvalue weighted by atomic mass is 10.1. The fourth-order valence-corrected chi connectivity index (χ4v) is 2.09. The lowest BCUT2D eigenvalue weighted by Crippen LogP contribution is -2.20. The van der Waals surface area contributed by atoms with Crippen molar-refractivity contribution in [1.29, 1.82) is 0 Å². The number of nitrogens with one attached hydrogen (secondary N) is 1. The summed E-state index contributed by atoms with van der Waals surface area (Å²) in [5, 5.41) is 13.2. The van der Waals surface area contributed by atoms with Gasteiger partial charge in [-0.3, -0.25) is 19.7 Å². The number of nitrogens with zero attached hydrogens (tertiary/aromatic N) is 1. The second-order valence-corrected chi connectivity index (χ2v) is 5.36. The van der Waals surface area contributed by atoms with E-state index in [2.05, 4.69) is 5.32 Å². The maximum atomic E-state index is 13.7. The largest absolute Gasteiger partial charge is 0.484 e. The molecule has 0 aliphatic carbocycles. The second kappa shape index (κ2) is 7.71. The van der Waals surface area contributed by atoms with E-state index in [4.69, 9.17) is 16.3 Å². The summed E-state index contributed by atoms with van der Waals surface area (Å²) >= 11 is 5.87. The summed E-state index contributed by atoms with van der Waals surface area (Å²) in [4.78, 5) is 33.1. The van der Waals surface area contributed by atoms with E-state index in [0.717, 1.165) is 12.1 Å². The first-order chi connectivity index (χ1) is 11.8. The number of ketones is 1. The van der Waals surface area contributed by atoms with Crippen molar-refractivity contribution in [3.8, 4) is 5.75 Å². The first kappa shape index (κ1) is 18.3. The third kappa shape index (κ3) is 4.74. The standard InChI is InChI=1S/C16H12ClFN2O5/c1-9(21)12-4-3-11(7-14(12)18)25-8-16(22)19-15-6-10(20(23)24)2-5-13(15)17/h2-7H,8H2,1H3,(H,19,22). The number of Topliss-reactive ketones (excluding diaryl/α,β-unsaturated/α-hetero) is 1. The number of nitro benzene ring substituents is 1. The molecule has 130 valence electrons. The molecular weight excluding hydrogens is 355 g/mol. The fraction of sp³-hybridized carbons (Fsp3) is 0.125. The molecule has 0 saturated heterocycles. The van der Waals surface area contributed by atoms with Crippen molar-refractivity contribution in [1.82, 2.24) is 0 Å². The normalized spacial score (nSPS) is 10.2. The number of hydrogen-bond acceptors (Lipinski definition) is 5. The number of carbonyl (C=O) groups excluding carboxylic acids is 2. The van der Waals surface area contributed by atoms with Crippen LogP contribution >= 0.6 is 11.6 Å². The van der Waals surface area contributed by atoms with Crippen molar-refractivity contribution in [2.24, 2.45) is 0 Å². The van der Waals surface area contributed by atoms with Gasteiger partial charge in [0.1, 0.15) is 11.6 Å². The zero-order valence-corrected chi connectivity index (χ0v) is 13.7. The van der Waals surface area contributed by atoms with E-state index < -0.39 is 29.0 Å². The Morgan fingerprint density at radius 3 is 2.60 bits per heavy atom. The molecule has 0 spiro atoms. The molecule has 7 nitrogen and oxygen atoms in total. The van der Waals surface area contributed by atoms with E-state index in [9.17, 15) is 24.1 Å². The van der Waals surface area contributed by atoms with E-state index in [-0.39, 0.29) is 27.7 Å². The van der Waals surface area contributed by atoms with E-state index in [1.165, 1.54) is 31.2 Å². The van der Waals surface area contributed by atoms with Gasteiger partial charge in [0.05, 0.1) is 21.2 Å². The van der Waals surface area contributed by atoms with E-state index in [0.29, 0.717) is 0 Å². The Kier molecular flexibility index (Phi) is 5.66. The topological polar surface area (TPSA) is 98.5 Å². The van der Waals surface area contributed by atoms with Crippen molar-refractivity contribution < 1.29 is 23.6 Å². The molecular formula is C16H12ClFN2O5. The van der Waals surface area contributed by atoms with Gasteiger partial charge >= 0.3 is 0 Å². The Balaban J connectivity index is 2.02. The highest BCUT2D eigenvalue weighted by molar-refractivity contribution is 6.33. The molecule has 1 N–H and O–H groups in total. The van der Waals surface area contributed by atoms with Gasteiger partial charge in [-0.2, -0.15) is 0 Å². The van der Waals surface area contributed by atoms with E-state index in [1.807, 2.05) is 0 Å². The number of halogens is 2. The SMILES string of the molecule is CC(=O)c1ccc(OCC(=O)Nc2cc([N+](=O)[O-])ccc2Cl)cc1F. The van der Waals surface area contributed by atoms with Gasteiger partial charge in [0, 0.05) is 18.2 Å². The Morgan fingerprint density at radius 1 is 1.28 bits per heavy atom.